The maximum Gasteiger partial charge on any atom is 0.0992 e. The van der Waals surface area contributed by atoms with Crippen LogP contribution < -0.4 is 11.1 Å². The first-order chi connectivity index (χ1) is 7.19. The zero-order chi connectivity index (χ0) is 10.9. The third kappa shape index (κ3) is 1.88. The molecule has 1 aliphatic carbocycles. The first-order valence-electron chi connectivity index (χ1n) is 4.88. The lowest BCUT2D eigenvalue weighted by Crippen LogP contribution is -2.26. The molecule has 0 aliphatic heterocycles. The SMILES string of the molecule is N#Cc1ccc(NC2(CO)CC2)c(N)c1. The highest BCUT2D eigenvalue weighted by Crippen LogP contribution is 2.39. The number of nitriles is 1. The number of hydrogen-bond donors (Lipinski definition) is 3. The van der Waals surface area contributed by atoms with Crippen LogP contribution in [0.1, 0.15) is 18.4 Å². The lowest BCUT2D eigenvalue weighted by Gasteiger charge is -2.17. The van der Waals surface area contributed by atoms with Crippen LogP contribution >= 0.6 is 0 Å². The van der Waals surface area contributed by atoms with Gasteiger partial charge in [0.15, 0.2) is 0 Å². The molecule has 4 heteroatoms. The second-order valence-corrected chi connectivity index (χ2v) is 3.98. The Morgan fingerprint density at radius 2 is 2.27 bits per heavy atom. The molecule has 1 fully saturated rings. The summed E-state index contributed by atoms with van der Waals surface area (Å²) in [6, 6.07) is 7.16. The molecule has 1 aromatic rings. The molecule has 0 amide bonds. The van der Waals surface area contributed by atoms with Gasteiger partial charge in [-0.3, -0.25) is 0 Å². The van der Waals surface area contributed by atoms with Crippen molar-refractivity contribution in [3.63, 3.8) is 0 Å². The minimum atomic E-state index is -0.178. The number of nitrogens with one attached hydrogen (secondary N) is 1. The molecule has 0 radical (unpaired) electrons. The van der Waals surface area contributed by atoms with E-state index >= 15 is 0 Å². The molecular weight excluding hydrogens is 190 g/mol. The van der Waals surface area contributed by atoms with Gasteiger partial charge in [-0.15, -0.1) is 0 Å². The normalized spacial score (nSPS) is 16.8. The van der Waals surface area contributed by atoms with Gasteiger partial charge in [-0.1, -0.05) is 0 Å². The predicted octanol–water partition coefficient (Wildman–Crippen LogP) is 1.08. The zero-order valence-corrected chi connectivity index (χ0v) is 8.33. The highest BCUT2D eigenvalue weighted by atomic mass is 16.3. The Hall–Kier alpha value is -1.73. The quantitative estimate of drug-likeness (QED) is 0.642. The topological polar surface area (TPSA) is 82.1 Å². The van der Waals surface area contributed by atoms with E-state index in [0.29, 0.717) is 11.3 Å². The summed E-state index contributed by atoms with van der Waals surface area (Å²) in [5.41, 5.74) is 7.50. The summed E-state index contributed by atoms with van der Waals surface area (Å²) in [5.74, 6) is 0. The van der Waals surface area contributed by atoms with Gasteiger partial charge in [0.2, 0.25) is 0 Å². The van der Waals surface area contributed by atoms with Crippen molar-refractivity contribution in [3.05, 3.63) is 23.8 Å². The molecule has 0 unspecified atom stereocenters. The molecule has 4 N–H and O–H groups in total. The van der Waals surface area contributed by atoms with E-state index in [9.17, 15) is 0 Å². The van der Waals surface area contributed by atoms with Crippen molar-refractivity contribution in [1.82, 2.24) is 0 Å². The Morgan fingerprint density at radius 3 is 2.73 bits per heavy atom. The monoisotopic (exact) mass is 203 g/mol. The van der Waals surface area contributed by atoms with Crippen LogP contribution in [0.15, 0.2) is 18.2 Å². The molecule has 4 nitrogen and oxygen atoms in total. The number of nitrogen functional groups attached to an aromatic ring is 1. The van der Waals surface area contributed by atoms with E-state index in [1.807, 2.05) is 6.07 Å². The van der Waals surface area contributed by atoms with Gasteiger partial charge in [0.1, 0.15) is 0 Å². The number of aliphatic hydroxyl groups excluding tert-OH is 1. The summed E-state index contributed by atoms with van der Waals surface area (Å²) >= 11 is 0. The van der Waals surface area contributed by atoms with Gasteiger partial charge in [-0.25, -0.2) is 0 Å². The zero-order valence-electron chi connectivity index (χ0n) is 8.33. The Bertz CT molecular complexity index is 418. The molecule has 1 aliphatic rings. The van der Waals surface area contributed by atoms with E-state index in [-0.39, 0.29) is 12.1 Å². The third-order valence-corrected chi connectivity index (χ3v) is 2.74. The molecule has 0 atom stereocenters. The molecule has 1 saturated carbocycles. The second kappa shape index (κ2) is 3.44. The van der Waals surface area contributed by atoms with Gasteiger partial charge in [-0.05, 0) is 31.0 Å². The number of nitrogens with two attached hydrogens (primary N) is 1. The first-order valence-corrected chi connectivity index (χ1v) is 4.88. The van der Waals surface area contributed by atoms with Crippen molar-refractivity contribution in [2.45, 2.75) is 18.4 Å². The summed E-state index contributed by atoms with van der Waals surface area (Å²) in [6.45, 7) is 0.118. The first kappa shape index (κ1) is 9.81. The smallest absolute Gasteiger partial charge is 0.0992 e. The third-order valence-electron chi connectivity index (χ3n) is 2.74. The Balaban J connectivity index is 2.19. The lowest BCUT2D eigenvalue weighted by atomic mass is 10.1. The number of aliphatic hydroxyl groups is 1. The lowest BCUT2D eigenvalue weighted by molar-refractivity contribution is 0.266. The average molecular weight is 203 g/mol. The summed E-state index contributed by atoms with van der Waals surface area (Å²) in [6.07, 6.45) is 1.92. The standard InChI is InChI=1S/C11H13N3O/c12-6-8-1-2-10(9(13)5-8)14-11(7-15)3-4-11/h1-2,5,14-15H,3-4,7,13H2. The fourth-order valence-corrected chi connectivity index (χ4v) is 1.51. The molecule has 15 heavy (non-hydrogen) atoms. The van der Waals surface area contributed by atoms with Crippen LogP contribution in [-0.4, -0.2) is 17.3 Å². The molecule has 2 rings (SSSR count). The van der Waals surface area contributed by atoms with Gasteiger partial charge >= 0.3 is 0 Å². The van der Waals surface area contributed by atoms with Crippen molar-refractivity contribution < 1.29 is 5.11 Å². The van der Waals surface area contributed by atoms with E-state index in [4.69, 9.17) is 16.1 Å². The Kier molecular flexibility index (Phi) is 2.25. The molecular formula is C11H13N3O. The van der Waals surface area contributed by atoms with Crippen LogP contribution in [0, 0.1) is 11.3 Å². The minimum absolute atomic E-state index is 0.118. The van der Waals surface area contributed by atoms with Crippen LogP contribution in [0.25, 0.3) is 0 Å². The van der Waals surface area contributed by atoms with Crippen molar-refractivity contribution in [1.29, 1.82) is 5.26 Å². The van der Waals surface area contributed by atoms with Crippen molar-refractivity contribution in [3.8, 4) is 6.07 Å². The maximum absolute atomic E-state index is 9.15. The number of anilines is 2. The summed E-state index contributed by atoms with van der Waals surface area (Å²) in [5, 5.41) is 21.0. The van der Waals surface area contributed by atoms with Crippen molar-refractivity contribution >= 4 is 11.4 Å². The van der Waals surface area contributed by atoms with Crippen LogP contribution in [0.4, 0.5) is 11.4 Å². The average Bonchev–Trinajstić information content (AvgIpc) is 3.02. The summed E-state index contributed by atoms with van der Waals surface area (Å²) < 4.78 is 0. The number of nitrogens with zero attached hydrogens (tertiary/aromatic N) is 1. The van der Waals surface area contributed by atoms with E-state index < -0.39 is 0 Å². The van der Waals surface area contributed by atoms with E-state index in [1.54, 1.807) is 18.2 Å². The number of rotatable bonds is 3. The highest BCUT2D eigenvalue weighted by molar-refractivity contribution is 5.69. The molecule has 0 bridgehead atoms. The van der Waals surface area contributed by atoms with Crippen molar-refractivity contribution in [2.75, 3.05) is 17.7 Å². The van der Waals surface area contributed by atoms with Crippen LogP contribution in [-0.2, 0) is 0 Å². The molecule has 0 aromatic heterocycles. The highest BCUT2D eigenvalue weighted by Gasteiger charge is 2.42. The molecule has 0 saturated heterocycles. The van der Waals surface area contributed by atoms with Crippen LogP contribution in [0.5, 0.6) is 0 Å². The van der Waals surface area contributed by atoms with Gasteiger partial charge in [0.25, 0.3) is 0 Å². The van der Waals surface area contributed by atoms with Gasteiger partial charge in [0, 0.05) is 0 Å². The van der Waals surface area contributed by atoms with Crippen LogP contribution in [0.3, 0.4) is 0 Å². The van der Waals surface area contributed by atoms with E-state index in [2.05, 4.69) is 5.32 Å². The molecule has 1 aromatic carbocycles. The Labute approximate surface area is 88.3 Å². The van der Waals surface area contributed by atoms with Gasteiger partial charge in [0.05, 0.1) is 35.2 Å². The minimum Gasteiger partial charge on any atom is -0.397 e. The van der Waals surface area contributed by atoms with Crippen molar-refractivity contribution in [2.24, 2.45) is 0 Å². The fraction of sp³-hybridized carbons (Fsp3) is 0.364. The van der Waals surface area contributed by atoms with E-state index in [1.165, 1.54) is 0 Å². The largest absolute Gasteiger partial charge is 0.397 e. The maximum atomic E-state index is 9.15. The predicted molar refractivity (Wildman–Crippen MR) is 58.2 cm³/mol. The number of hydrogen-bond acceptors (Lipinski definition) is 4. The molecule has 78 valence electrons. The van der Waals surface area contributed by atoms with Gasteiger partial charge in [-0.2, -0.15) is 5.26 Å². The summed E-state index contributed by atoms with van der Waals surface area (Å²) in [4.78, 5) is 0. The van der Waals surface area contributed by atoms with E-state index in [0.717, 1.165) is 18.5 Å². The van der Waals surface area contributed by atoms with Gasteiger partial charge < -0.3 is 16.2 Å². The molecule has 0 spiro atoms. The molecule has 0 heterocycles. The second-order valence-electron chi connectivity index (χ2n) is 3.98. The Morgan fingerprint density at radius 1 is 1.53 bits per heavy atom. The number of benzene rings is 1. The fourth-order valence-electron chi connectivity index (χ4n) is 1.51. The van der Waals surface area contributed by atoms with Crippen LogP contribution in [0.2, 0.25) is 0 Å². The summed E-state index contributed by atoms with van der Waals surface area (Å²) in [7, 11) is 0.